The average Bonchev–Trinajstić information content (AvgIpc) is 2.30. The van der Waals surface area contributed by atoms with Crippen LogP contribution in [0.1, 0.15) is 24.8 Å². The van der Waals surface area contributed by atoms with E-state index in [0.29, 0.717) is 0 Å². The Labute approximate surface area is 110 Å². The molecule has 1 heterocycles. The van der Waals surface area contributed by atoms with Crippen LogP contribution in [0, 0.1) is 0 Å². The van der Waals surface area contributed by atoms with Crippen molar-refractivity contribution in [3.8, 4) is 0 Å². The fourth-order valence-electron chi connectivity index (χ4n) is 1.63. The smallest absolute Gasteiger partial charge is 0.217 e. The van der Waals surface area contributed by atoms with Gasteiger partial charge in [-0.25, -0.2) is 4.99 Å². The van der Waals surface area contributed by atoms with Crippen LogP contribution < -0.4 is 5.32 Å². The third kappa shape index (κ3) is 4.30. The quantitative estimate of drug-likeness (QED) is 0.794. The van der Waals surface area contributed by atoms with Crippen molar-refractivity contribution in [3.63, 3.8) is 0 Å². The highest BCUT2D eigenvalue weighted by Gasteiger charge is 1.99. The SMILES string of the molecule is Brc1ccc(/C=N/C2=NCCCCCN2)cc1. The lowest BCUT2D eigenvalue weighted by molar-refractivity contribution is 0.650. The van der Waals surface area contributed by atoms with E-state index in [2.05, 4.69) is 31.2 Å². The number of benzene rings is 1. The zero-order valence-corrected chi connectivity index (χ0v) is 11.3. The lowest BCUT2D eigenvalue weighted by Crippen LogP contribution is -2.24. The third-order valence-corrected chi connectivity index (χ3v) is 3.11. The molecule has 0 bridgehead atoms. The van der Waals surface area contributed by atoms with Crippen molar-refractivity contribution < 1.29 is 0 Å². The molecule has 0 fully saturated rings. The van der Waals surface area contributed by atoms with E-state index in [0.717, 1.165) is 29.1 Å². The number of nitrogens with zero attached hydrogens (tertiary/aromatic N) is 2. The minimum atomic E-state index is 0.757. The Hall–Kier alpha value is -1.16. The van der Waals surface area contributed by atoms with Gasteiger partial charge in [0.2, 0.25) is 5.96 Å². The van der Waals surface area contributed by atoms with Crippen LogP contribution >= 0.6 is 15.9 Å². The Morgan fingerprint density at radius 1 is 1.18 bits per heavy atom. The summed E-state index contributed by atoms with van der Waals surface area (Å²) in [5.41, 5.74) is 1.08. The first-order valence-electron chi connectivity index (χ1n) is 5.92. The predicted octanol–water partition coefficient (Wildman–Crippen LogP) is 3.00. The van der Waals surface area contributed by atoms with Crippen LogP contribution in [0.5, 0.6) is 0 Å². The van der Waals surface area contributed by atoms with Gasteiger partial charge in [0.25, 0.3) is 0 Å². The molecule has 0 saturated heterocycles. The number of guanidine groups is 1. The first kappa shape index (κ1) is 12.3. The lowest BCUT2D eigenvalue weighted by atomic mass is 10.2. The Morgan fingerprint density at radius 2 is 2.00 bits per heavy atom. The summed E-state index contributed by atoms with van der Waals surface area (Å²) in [6, 6.07) is 8.07. The molecule has 0 unspecified atom stereocenters. The van der Waals surface area contributed by atoms with E-state index in [-0.39, 0.29) is 0 Å². The maximum absolute atomic E-state index is 4.41. The molecule has 0 aromatic heterocycles. The van der Waals surface area contributed by atoms with Crippen molar-refractivity contribution >= 4 is 28.1 Å². The van der Waals surface area contributed by atoms with E-state index in [9.17, 15) is 0 Å². The molecule has 90 valence electrons. The van der Waals surface area contributed by atoms with E-state index < -0.39 is 0 Å². The fraction of sp³-hybridized carbons (Fsp3) is 0.385. The Kier molecular flexibility index (Phi) is 4.74. The van der Waals surface area contributed by atoms with E-state index in [1.165, 1.54) is 19.3 Å². The molecule has 2 rings (SSSR count). The van der Waals surface area contributed by atoms with Crippen molar-refractivity contribution in [2.75, 3.05) is 13.1 Å². The van der Waals surface area contributed by atoms with Gasteiger partial charge in [0.15, 0.2) is 0 Å². The topological polar surface area (TPSA) is 36.8 Å². The van der Waals surface area contributed by atoms with Crippen molar-refractivity contribution in [1.82, 2.24) is 5.32 Å². The molecule has 0 amide bonds. The van der Waals surface area contributed by atoms with Gasteiger partial charge in [0.1, 0.15) is 0 Å². The van der Waals surface area contributed by atoms with Crippen molar-refractivity contribution in [1.29, 1.82) is 0 Å². The molecular weight excluding hydrogens is 278 g/mol. The molecule has 4 heteroatoms. The zero-order chi connectivity index (χ0) is 11.9. The molecule has 1 aliphatic heterocycles. The number of hydrogen-bond acceptors (Lipinski definition) is 3. The molecular formula is C13H16BrN3. The van der Waals surface area contributed by atoms with Crippen molar-refractivity contribution in [3.05, 3.63) is 34.3 Å². The molecule has 0 spiro atoms. The summed E-state index contributed by atoms with van der Waals surface area (Å²) in [5, 5.41) is 3.25. The molecule has 0 atom stereocenters. The van der Waals surface area contributed by atoms with E-state index in [4.69, 9.17) is 0 Å². The number of halogens is 1. The number of nitrogens with one attached hydrogen (secondary N) is 1. The molecule has 0 aliphatic carbocycles. The standard InChI is InChI=1S/C13H16BrN3/c14-12-6-4-11(5-7-12)10-17-13-15-8-2-1-3-9-16-13/h4-7,10H,1-3,8-9H2,(H,15,16)/b17-10+. The van der Waals surface area contributed by atoms with Crippen LogP contribution in [-0.4, -0.2) is 25.3 Å². The molecule has 17 heavy (non-hydrogen) atoms. The zero-order valence-electron chi connectivity index (χ0n) is 9.69. The molecule has 1 aliphatic rings. The third-order valence-electron chi connectivity index (χ3n) is 2.59. The van der Waals surface area contributed by atoms with Crippen LogP contribution in [-0.2, 0) is 0 Å². The largest absolute Gasteiger partial charge is 0.355 e. The van der Waals surface area contributed by atoms with Crippen LogP contribution in [0.3, 0.4) is 0 Å². The highest BCUT2D eigenvalue weighted by molar-refractivity contribution is 9.10. The number of rotatable bonds is 1. The maximum atomic E-state index is 4.41. The number of aliphatic imine (C=N–C) groups is 2. The van der Waals surface area contributed by atoms with E-state index in [1.54, 1.807) is 0 Å². The van der Waals surface area contributed by atoms with E-state index >= 15 is 0 Å². The van der Waals surface area contributed by atoms with Gasteiger partial charge < -0.3 is 5.32 Å². The Balaban J connectivity index is 2.00. The highest BCUT2D eigenvalue weighted by Crippen LogP contribution is 2.09. The van der Waals surface area contributed by atoms with Gasteiger partial charge >= 0.3 is 0 Å². The molecule has 1 aromatic carbocycles. The first-order chi connectivity index (χ1) is 8.34. The second kappa shape index (κ2) is 6.55. The van der Waals surface area contributed by atoms with Gasteiger partial charge in [-0.05, 0) is 37.0 Å². The highest BCUT2D eigenvalue weighted by atomic mass is 79.9. The van der Waals surface area contributed by atoms with Gasteiger partial charge in [0.05, 0.1) is 0 Å². The monoisotopic (exact) mass is 293 g/mol. The minimum Gasteiger partial charge on any atom is -0.355 e. The van der Waals surface area contributed by atoms with Gasteiger partial charge in [-0.15, -0.1) is 0 Å². The molecule has 0 radical (unpaired) electrons. The second-order valence-corrected chi connectivity index (χ2v) is 4.92. The van der Waals surface area contributed by atoms with Crippen LogP contribution in [0.15, 0.2) is 38.7 Å². The fourth-order valence-corrected chi connectivity index (χ4v) is 1.89. The summed E-state index contributed by atoms with van der Waals surface area (Å²) >= 11 is 3.41. The summed E-state index contributed by atoms with van der Waals surface area (Å²) in [5.74, 6) is 0.757. The van der Waals surface area contributed by atoms with Crippen LogP contribution in [0.2, 0.25) is 0 Å². The molecule has 1 aromatic rings. The molecule has 3 nitrogen and oxygen atoms in total. The Morgan fingerprint density at radius 3 is 2.82 bits per heavy atom. The maximum Gasteiger partial charge on any atom is 0.217 e. The Bertz CT molecular complexity index is 409. The first-order valence-corrected chi connectivity index (χ1v) is 6.72. The summed E-state index contributed by atoms with van der Waals surface area (Å²) in [6.07, 6.45) is 5.46. The second-order valence-electron chi connectivity index (χ2n) is 4.00. The molecule has 1 N–H and O–H groups in total. The number of hydrogen-bond donors (Lipinski definition) is 1. The average molecular weight is 294 g/mol. The minimum absolute atomic E-state index is 0.757. The predicted molar refractivity (Wildman–Crippen MR) is 75.9 cm³/mol. The molecule has 0 saturated carbocycles. The van der Waals surface area contributed by atoms with Crippen LogP contribution in [0.25, 0.3) is 0 Å². The van der Waals surface area contributed by atoms with E-state index in [1.807, 2.05) is 30.5 Å². The summed E-state index contributed by atoms with van der Waals surface area (Å²) < 4.78 is 1.08. The summed E-state index contributed by atoms with van der Waals surface area (Å²) in [7, 11) is 0. The van der Waals surface area contributed by atoms with Crippen molar-refractivity contribution in [2.24, 2.45) is 9.98 Å². The van der Waals surface area contributed by atoms with Gasteiger partial charge in [-0.1, -0.05) is 28.1 Å². The summed E-state index contributed by atoms with van der Waals surface area (Å²) in [4.78, 5) is 8.80. The lowest BCUT2D eigenvalue weighted by Gasteiger charge is -2.08. The summed E-state index contributed by atoms with van der Waals surface area (Å²) in [6.45, 7) is 1.84. The van der Waals surface area contributed by atoms with Gasteiger partial charge in [-0.2, -0.15) is 0 Å². The van der Waals surface area contributed by atoms with Gasteiger partial charge in [-0.3, -0.25) is 4.99 Å². The van der Waals surface area contributed by atoms with Crippen molar-refractivity contribution in [2.45, 2.75) is 19.3 Å². The van der Waals surface area contributed by atoms with Crippen LogP contribution in [0.4, 0.5) is 0 Å². The van der Waals surface area contributed by atoms with Gasteiger partial charge in [0, 0.05) is 23.8 Å². The normalized spacial score (nSPS) is 17.1.